The summed E-state index contributed by atoms with van der Waals surface area (Å²) >= 11 is 0. The second-order valence-electron chi connectivity index (χ2n) is 7.02. The highest BCUT2D eigenvalue weighted by Crippen LogP contribution is 2.21. The summed E-state index contributed by atoms with van der Waals surface area (Å²) in [5.41, 5.74) is -0.0164. The van der Waals surface area contributed by atoms with Crippen LogP contribution in [0.1, 0.15) is 27.2 Å². The van der Waals surface area contributed by atoms with E-state index in [9.17, 15) is 13.2 Å². The number of methoxy groups -OCH3 is 1. The van der Waals surface area contributed by atoms with Crippen LogP contribution in [0.2, 0.25) is 0 Å². The van der Waals surface area contributed by atoms with Crippen LogP contribution in [0.15, 0.2) is 4.99 Å². The van der Waals surface area contributed by atoms with E-state index < -0.39 is 12.7 Å². The van der Waals surface area contributed by atoms with Crippen molar-refractivity contribution in [3.05, 3.63) is 0 Å². The Morgan fingerprint density at radius 3 is 2.48 bits per heavy atom. The number of nitrogens with one attached hydrogen (secondary N) is 2. The van der Waals surface area contributed by atoms with E-state index in [4.69, 9.17) is 4.74 Å². The van der Waals surface area contributed by atoms with Gasteiger partial charge < -0.3 is 15.4 Å². The number of ether oxygens (including phenoxy) is 1. The predicted molar refractivity (Wildman–Crippen MR) is 85.6 cm³/mol. The summed E-state index contributed by atoms with van der Waals surface area (Å²) in [5.74, 6) is 0.593. The molecule has 5 nitrogen and oxygen atoms in total. The van der Waals surface area contributed by atoms with Crippen molar-refractivity contribution in [1.29, 1.82) is 0 Å². The number of alkyl halides is 3. The van der Waals surface area contributed by atoms with Crippen molar-refractivity contribution in [1.82, 2.24) is 15.5 Å². The first-order chi connectivity index (χ1) is 10.5. The first-order valence-corrected chi connectivity index (χ1v) is 7.84. The third-order valence-corrected chi connectivity index (χ3v) is 3.95. The number of likely N-dealkylation sites (tertiary alicyclic amines) is 1. The summed E-state index contributed by atoms with van der Waals surface area (Å²) in [6.07, 6.45) is -3.47. The van der Waals surface area contributed by atoms with Gasteiger partial charge >= 0.3 is 6.18 Å². The van der Waals surface area contributed by atoms with E-state index in [1.54, 1.807) is 14.2 Å². The van der Waals surface area contributed by atoms with Crippen molar-refractivity contribution < 1.29 is 17.9 Å². The molecular weight excluding hydrogens is 309 g/mol. The van der Waals surface area contributed by atoms with Gasteiger partial charge in [0.2, 0.25) is 0 Å². The van der Waals surface area contributed by atoms with E-state index in [-0.39, 0.29) is 17.6 Å². The molecule has 1 aliphatic rings. The summed E-state index contributed by atoms with van der Waals surface area (Å²) in [4.78, 5) is 5.55. The Kier molecular flexibility index (Phi) is 7.13. The molecule has 1 saturated heterocycles. The van der Waals surface area contributed by atoms with Gasteiger partial charge in [0.1, 0.15) is 0 Å². The number of hydrogen-bond donors (Lipinski definition) is 2. The Balaban J connectivity index is 2.43. The second-order valence-corrected chi connectivity index (χ2v) is 7.02. The molecule has 1 fully saturated rings. The van der Waals surface area contributed by atoms with Crippen LogP contribution >= 0.6 is 0 Å². The van der Waals surface area contributed by atoms with Crippen LogP contribution in [0.4, 0.5) is 13.2 Å². The van der Waals surface area contributed by atoms with Crippen LogP contribution in [0.5, 0.6) is 0 Å². The van der Waals surface area contributed by atoms with E-state index in [1.807, 2.05) is 0 Å². The predicted octanol–water partition coefficient (Wildman–Crippen LogP) is 1.85. The van der Waals surface area contributed by atoms with Gasteiger partial charge in [0.15, 0.2) is 5.96 Å². The summed E-state index contributed by atoms with van der Waals surface area (Å²) in [7, 11) is 3.32. The fourth-order valence-corrected chi connectivity index (χ4v) is 2.67. The van der Waals surface area contributed by atoms with Crippen LogP contribution in [-0.2, 0) is 4.74 Å². The minimum atomic E-state index is -4.15. The lowest BCUT2D eigenvalue weighted by Crippen LogP contribution is -2.49. The molecule has 1 aliphatic heterocycles. The summed E-state index contributed by atoms with van der Waals surface area (Å²) in [5, 5.41) is 6.38. The molecule has 0 spiro atoms. The van der Waals surface area contributed by atoms with Gasteiger partial charge in [-0.15, -0.1) is 0 Å². The monoisotopic (exact) mass is 338 g/mol. The Morgan fingerprint density at radius 1 is 1.35 bits per heavy atom. The zero-order valence-electron chi connectivity index (χ0n) is 14.6. The molecule has 0 aliphatic carbocycles. The molecule has 1 rings (SSSR count). The standard InChI is InChI=1S/C15H29F3N4O/c1-14(2,3)12(23-5)8-20-13(19-4)21-11-6-7-22(9-11)10-15(16,17)18/h11-12H,6-10H2,1-5H3,(H2,19,20,21). The molecule has 1 heterocycles. The van der Waals surface area contributed by atoms with Crippen LogP contribution < -0.4 is 10.6 Å². The smallest absolute Gasteiger partial charge is 0.379 e. The molecule has 0 radical (unpaired) electrons. The van der Waals surface area contributed by atoms with Gasteiger partial charge in [0.05, 0.1) is 12.6 Å². The van der Waals surface area contributed by atoms with Crippen molar-refractivity contribution in [3.8, 4) is 0 Å². The lowest BCUT2D eigenvalue weighted by atomic mass is 9.89. The maximum absolute atomic E-state index is 12.4. The largest absolute Gasteiger partial charge is 0.401 e. The van der Waals surface area contributed by atoms with Crippen molar-refractivity contribution in [3.63, 3.8) is 0 Å². The number of hydrogen-bond acceptors (Lipinski definition) is 3. The molecule has 0 saturated carbocycles. The number of nitrogens with zero attached hydrogens (tertiary/aromatic N) is 2. The fraction of sp³-hybridized carbons (Fsp3) is 0.933. The van der Waals surface area contributed by atoms with Crippen LogP contribution in [0, 0.1) is 5.41 Å². The van der Waals surface area contributed by atoms with Gasteiger partial charge in [0, 0.05) is 39.8 Å². The maximum atomic E-state index is 12.4. The lowest BCUT2D eigenvalue weighted by molar-refractivity contribution is -0.143. The normalized spacial score (nSPS) is 22.3. The summed E-state index contributed by atoms with van der Waals surface area (Å²) in [6, 6.07) is -0.0285. The van der Waals surface area contributed by atoms with Crippen LogP contribution in [0.25, 0.3) is 0 Å². The molecule has 0 aromatic carbocycles. The highest BCUT2D eigenvalue weighted by atomic mass is 19.4. The van der Waals surface area contributed by atoms with Crippen LogP contribution in [-0.4, -0.2) is 69.5 Å². The molecule has 0 amide bonds. The van der Waals surface area contributed by atoms with Crippen molar-refractivity contribution in [2.75, 3.05) is 40.3 Å². The van der Waals surface area contributed by atoms with E-state index >= 15 is 0 Å². The Bertz CT molecular complexity index is 393. The highest BCUT2D eigenvalue weighted by molar-refractivity contribution is 5.80. The van der Waals surface area contributed by atoms with Crippen molar-refractivity contribution in [2.24, 2.45) is 10.4 Å². The topological polar surface area (TPSA) is 48.9 Å². The second kappa shape index (κ2) is 8.19. The lowest BCUT2D eigenvalue weighted by Gasteiger charge is -2.30. The molecule has 2 atom stereocenters. The van der Waals surface area contributed by atoms with E-state index in [1.165, 1.54) is 4.90 Å². The summed E-state index contributed by atoms with van der Waals surface area (Å²) < 4.78 is 42.7. The zero-order chi connectivity index (χ0) is 17.7. The quantitative estimate of drug-likeness (QED) is 0.593. The number of rotatable bonds is 5. The first-order valence-electron chi connectivity index (χ1n) is 7.84. The van der Waals surface area contributed by atoms with Gasteiger partial charge in [-0.1, -0.05) is 20.8 Å². The number of halogens is 3. The molecule has 136 valence electrons. The van der Waals surface area contributed by atoms with Crippen molar-refractivity contribution >= 4 is 5.96 Å². The van der Waals surface area contributed by atoms with Gasteiger partial charge in [-0.05, 0) is 11.8 Å². The molecule has 2 unspecified atom stereocenters. The fourth-order valence-electron chi connectivity index (χ4n) is 2.67. The maximum Gasteiger partial charge on any atom is 0.401 e. The number of guanidine groups is 1. The Morgan fingerprint density at radius 2 is 2.00 bits per heavy atom. The Labute approximate surface area is 136 Å². The average Bonchev–Trinajstić information content (AvgIpc) is 2.81. The van der Waals surface area contributed by atoms with E-state index in [0.717, 1.165) is 0 Å². The number of aliphatic imine (C=N–C) groups is 1. The van der Waals surface area contributed by atoms with Crippen molar-refractivity contribution in [2.45, 2.75) is 45.5 Å². The minimum absolute atomic E-state index is 0.00589. The minimum Gasteiger partial charge on any atom is -0.379 e. The average molecular weight is 338 g/mol. The van der Waals surface area contributed by atoms with Gasteiger partial charge in [-0.25, -0.2) is 0 Å². The van der Waals surface area contributed by atoms with E-state index in [2.05, 4.69) is 36.4 Å². The third kappa shape index (κ3) is 7.39. The van der Waals surface area contributed by atoms with Gasteiger partial charge in [-0.3, -0.25) is 9.89 Å². The zero-order valence-corrected chi connectivity index (χ0v) is 14.6. The van der Waals surface area contributed by atoms with Crippen LogP contribution in [0.3, 0.4) is 0 Å². The SMILES string of the molecule is CN=C(NCC(OC)C(C)(C)C)NC1CCN(CC(F)(F)F)C1. The van der Waals surface area contributed by atoms with E-state index in [0.29, 0.717) is 32.0 Å². The highest BCUT2D eigenvalue weighted by Gasteiger charge is 2.34. The molecule has 0 aromatic heterocycles. The molecule has 0 aromatic rings. The molecule has 0 bridgehead atoms. The third-order valence-electron chi connectivity index (χ3n) is 3.95. The first kappa shape index (κ1) is 20.0. The Hall–Kier alpha value is -1.02. The molecular formula is C15H29F3N4O. The molecule has 8 heteroatoms. The van der Waals surface area contributed by atoms with Gasteiger partial charge in [-0.2, -0.15) is 13.2 Å². The van der Waals surface area contributed by atoms with Gasteiger partial charge in [0.25, 0.3) is 0 Å². The molecule has 23 heavy (non-hydrogen) atoms. The summed E-state index contributed by atoms with van der Waals surface area (Å²) in [6.45, 7) is 6.80. The molecule has 2 N–H and O–H groups in total.